The van der Waals surface area contributed by atoms with E-state index in [2.05, 4.69) is 15.5 Å². The van der Waals surface area contributed by atoms with E-state index in [0.29, 0.717) is 23.9 Å². The molecule has 2 N–H and O–H groups in total. The highest BCUT2D eigenvalue weighted by atomic mass is 16.5. The SMILES string of the molecule is O=C(C1CCC1)N1CCC(NC2COC3(CCNCC3)C2)CC1. The quantitative estimate of drug-likeness (QED) is 0.822. The number of likely N-dealkylation sites (tertiary alicyclic amines) is 1. The number of ether oxygens (including phenoxy) is 1. The van der Waals surface area contributed by atoms with Gasteiger partial charge in [0.2, 0.25) is 5.91 Å². The van der Waals surface area contributed by atoms with Crippen molar-refractivity contribution < 1.29 is 9.53 Å². The van der Waals surface area contributed by atoms with Crippen molar-refractivity contribution in [2.75, 3.05) is 32.8 Å². The van der Waals surface area contributed by atoms with Crippen molar-refractivity contribution in [3.05, 3.63) is 0 Å². The van der Waals surface area contributed by atoms with E-state index >= 15 is 0 Å². The van der Waals surface area contributed by atoms with Gasteiger partial charge in [-0.15, -0.1) is 0 Å². The predicted octanol–water partition coefficient (Wildman–Crippen LogP) is 1.28. The first kappa shape index (κ1) is 15.9. The van der Waals surface area contributed by atoms with Gasteiger partial charge < -0.3 is 20.3 Å². The van der Waals surface area contributed by atoms with Crippen molar-refractivity contribution in [1.82, 2.24) is 15.5 Å². The molecule has 1 unspecified atom stereocenters. The summed E-state index contributed by atoms with van der Waals surface area (Å²) in [6.07, 6.45) is 9.15. The molecule has 0 aromatic rings. The van der Waals surface area contributed by atoms with Crippen LogP contribution in [0.1, 0.15) is 51.4 Å². The van der Waals surface area contributed by atoms with E-state index in [1.54, 1.807) is 0 Å². The van der Waals surface area contributed by atoms with Gasteiger partial charge in [0.15, 0.2) is 0 Å². The predicted molar refractivity (Wildman–Crippen MR) is 89.3 cm³/mol. The van der Waals surface area contributed by atoms with Crippen LogP contribution in [-0.4, -0.2) is 61.3 Å². The third-order valence-electron chi connectivity index (χ3n) is 6.46. The summed E-state index contributed by atoms with van der Waals surface area (Å²) in [6.45, 7) is 4.93. The number of nitrogens with one attached hydrogen (secondary N) is 2. The second-order valence-electron chi connectivity index (χ2n) is 8.04. The first-order valence-corrected chi connectivity index (χ1v) is 9.64. The van der Waals surface area contributed by atoms with E-state index < -0.39 is 0 Å². The number of carbonyl (C=O) groups is 1. The third kappa shape index (κ3) is 3.42. The maximum atomic E-state index is 12.3. The molecular formula is C18H31N3O2. The Balaban J connectivity index is 1.21. The molecule has 5 nitrogen and oxygen atoms in total. The fraction of sp³-hybridized carbons (Fsp3) is 0.944. The molecule has 3 saturated heterocycles. The molecule has 23 heavy (non-hydrogen) atoms. The number of nitrogens with zero attached hydrogens (tertiary/aromatic N) is 1. The highest BCUT2D eigenvalue weighted by Gasteiger charge is 2.42. The zero-order valence-corrected chi connectivity index (χ0v) is 14.2. The summed E-state index contributed by atoms with van der Waals surface area (Å²) in [6, 6.07) is 1.07. The Morgan fingerprint density at radius 3 is 2.48 bits per heavy atom. The Morgan fingerprint density at radius 2 is 1.83 bits per heavy atom. The molecule has 1 amide bonds. The molecule has 0 radical (unpaired) electrons. The Labute approximate surface area is 139 Å². The molecule has 130 valence electrons. The molecule has 4 aliphatic rings. The van der Waals surface area contributed by atoms with Crippen molar-refractivity contribution >= 4 is 5.91 Å². The largest absolute Gasteiger partial charge is 0.373 e. The lowest BCUT2D eigenvalue weighted by Gasteiger charge is -2.37. The van der Waals surface area contributed by atoms with Gasteiger partial charge in [-0.25, -0.2) is 0 Å². The number of rotatable bonds is 3. The fourth-order valence-electron chi connectivity index (χ4n) is 4.70. The van der Waals surface area contributed by atoms with Crippen LogP contribution in [0.4, 0.5) is 0 Å². The standard InChI is InChI=1S/C18H31N3O2/c22-17(14-2-1-3-14)21-10-4-15(5-11-21)20-16-12-18(23-13-16)6-8-19-9-7-18/h14-16,19-20H,1-13H2. The second-order valence-corrected chi connectivity index (χ2v) is 8.04. The number of amides is 1. The lowest BCUT2D eigenvalue weighted by Crippen LogP contribution is -2.50. The topological polar surface area (TPSA) is 53.6 Å². The number of piperidine rings is 2. The monoisotopic (exact) mass is 321 g/mol. The van der Waals surface area contributed by atoms with Gasteiger partial charge in [-0.1, -0.05) is 6.42 Å². The number of carbonyl (C=O) groups excluding carboxylic acids is 1. The van der Waals surface area contributed by atoms with Crippen LogP contribution >= 0.6 is 0 Å². The molecular weight excluding hydrogens is 290 g/mol. The van der Waals surface area contributed by atoms with Gasteiger partial charge >= 0.3 is 0 Å². The Bertz CT molecular complexity index is 424. The van der Waals surface area contributed by atoms with E-state index in [4.69, 9.17) is 4.74 Å². The molecule has 5 heteroatoms. The van der Waals surface area contributed by atoms with Crippen molar-refractivity contribution in [3.8, 4) is 0 Å². The molecule has 4 rings (SSSR count). The highest BCUT2D eigenvalue weighted by molar-refractivity contribution is 5.79. The summed E-state index contributed by atoms with van der Waals surface area (Å²) in [5, 5.41) is 7.25. The second kappa shape index (κ2) is 6.69. The zero-order valence-electron chi connectivity index (χ0n) is 14.2. The Hall–Kier alpha value is -0.650. The summed E-state index contributed by atoms with van der Waals surface area (Å²) < 4.78 is 6.18. The van der Waals surface area contributed by atoms with Crippen LogP contribution in [0.15, 0.2) is 0 Å². The van der Waals surface area contributed by atoms with Gasteiger partial charge in [0, 0.05) is 31.1 Å². The fourth-order valence-corrected chi connectivity index (χ4v) is 4.70. The van der Waals surface area contributed by atoms with Crippen molar-refractivity contribution in [3.63, 3.8) is 0 Å². The number of hydrogen-bond acceptors (Lipinski definition) is 4. The van der Waals surface area contributed by atoms with Crippen LogP contribution in [0, 0.1) is 5.92 Å². The summed E-state index contributed by atoms with van der Waals surface area (Å²) >= 11 is 0. The molecule has 1 atom stereocenters. The van der Waals surface area contributed by atoms with Gasteiger partial charge in [-0.05, 0) is 58.0 Å². The molecule has 0 aromatic heterocycles. The molecule has 1 spiro atoms. The van der Waals surface area contributed by atoms with Crippen LogP contribution < -0.4 is 10.6 Å². The zero-order chi connectivity index (χ0) is 15.7. The van der Waals surface area contributed by atoms with Crippen molar-refractivity contribution in [2.24, 2.45) is 5.92 Å². The van der Waals surface area contributed by atoms with E-state index in [0.717, 1.165) is 77.7 Å². The molecule has 0 bridgehead atoms. The van der Waals surface area contributed by atoms with Gasteiger partial charge in [0.05, 0.1) is 12.2 Å². The molecule has 4 fully saturated rings. The van der Waals surface area contributed by atoms with Crippen molar-refractivity contribution in [1.29, 1.82) is 0 Å². The van der Waals surface area contributed by atoms with Crippen LogP contribution in [-0.2, 0) is 9.53 Å². The minimum Gasteiger partial charge on any atom is -0.373 e. The molecule has 1 saturated carbocycles. The highest BCUT2D eigenvalue weighted by Crippen LogP contribution is 2.34. The van der Waals surface area contributed by atoms with E-state index in [9.17, 15) is 4.79 Å². The van der Waals surface area contributed by atoms with Gasteiger partial charge in [0.1, 0.15) is 0 Å². The number of hydrogen-bond donors (Lipinski definition) is 2. The molecule has 3 aliphatic heterocycles. The van der Waals surface area contributed by atoms with E-state index in [-0.39, 0.29) is 5.60 Å². The maximum absolute atomic E-state index is 12.3. The van der Waals surface area contributed by atoms with Gasteiger partial charge in [-0.3, -0.25) is 4.79 Å². The van der Waals surface area contributed by atoms with Crippen LogP contribution in [0.3, 0.4) is 0 Å². The first-order valence-electron chi connectivity index (χ1n) is 9.64. The molecule has 1 aliphatic carbocycles. The smallest absolute Gasteiger partial charge is 0.225 e. The summed E-state index contributed by atoms with van der Waals surface area (Å²) in [4.78, 5) is 14.4. The lowest BCUT2D eigenvalue weighted by atomic mass is 9.84. The minimum atomic E-state index is 0.143. The summed E-state index contributed by atoms with van der Waals surface area (Å²) in [5.41, 5.74) is 0.143. The van der Waals surface area contributed by atoms with Crippen molar-refractivity contribution in [2.45, 2.75) is 69.1 Å². The first-order chi connectivity index (χ1) is 11.2. The Morgan fingerprint density at radius 1 is 1.09 bits per heavy atom. The average Bonchev–Trinajstić information content (AvgIpc) is 2.89. The van der Waals surface area contributed by atoms with E-state index in [1.807, 2.05) is 0 Å². The maximum Gasteiger partial charge on any atom is 0.225 e. The lowest BCUT2D eigenvalue weighted by molar-refractivity contribution is -0.139. The molecule has 3 heterocycles. The van der Waals surface area contributed by atoms with Crippen LogP contribution in [0.5, 0.6) is 0 Å². The van der Waals surface area contributed by atoms with Crippen LogP contribution in [0.25, 0.3) is 0 Å². The Kier molecular flexibility index (Phi) is 4.61. The van der Waals surface area contributed by atoms with Crippen LogP contribution in [0.2, 0.25) is 0 Å². The normalized spacial score (nSPS) is 32.2. The molecule has 0 aromatic carbocycles. The summed E-state index contributed by atoms with van der Waals surface area (Å²) in [5.74, 6) is 0.773. The minimum absolute atomic E-state index is 0.143. The van der Waals surface area contributed by atoms with E-state index in [1.165, 1.54) is 6.42 Å². The van der Waals surface area contributed by atoms with Gasteiger partial charge in [-0.2, -0.15) is 0 Å². The average molecular weight is 321 g/mol. The summed E-state index contributed by atoms with van der Waals surface area (Å²) in [7, 11) is 0. The van der Waals surface area contributed by atoms with Gasteiger partial charge in [0.25, 0.3) is 0 Å². The third-order valence-corrected chi connectivity index (χ3v) is 6.46.